The molecule has 2 heterocycles. The van der Waals surface area contributed by atoms with Crippen molar-refractivity contribution in [2.45, 2.75) is 105 Å². The first-order chi connectivity index (χ1) is 24.1. The Bertz CT molecular complexity index is 1660. The van der Waals surface area contributed by atoms with E-state index in [1.165, 1.54) is 64.8 Å². The molecule has 0 atom stereocenters. The van der Waals surface area contributed by atoms with Crippen LogP contribution in [0.25, 0.3) is 32.7 Å². The van der Waals surface area contributed by atoms with Gasteiger partial charge in [-0.3, -0.25) is 14.8 Å². The number of unbranched alkanes of at least 4 members (excludes halogenated alkanes) is 4. The van der Waals surface area contributed by atoms with Crippen LogP contribution in [0.5, 0.6) is 0 Å². The van der Waals surface area contributed by atoms with E-state index in [1.54, 1.807) is 11.3 Å². The highest BCUT2D eigenvalue weighted by Gasteiger charge is 2.19. The van der Waals surface area contributed by atoms with Gasteiger partial charge in [-0.05, 0) is 88.0 Å². The topological polar surface area (TPSA) is 79.5 Å². The predicted octanol–water partition coefficient (Wildman–Crippen LogP) is 9.60. The molecule has 0 fully saturated rings. The van der Waals surface area contributed by atoms with E-state index in [0.29, 0.717) is 18.0 Å². The van der Waals surface area contributed by atoms with Crippen molar-refractivity contribution in [3.05, 3.63) is 84.1 Å². The molecular weight excluding hydrogens is 629 g/mol. The van der Waals surface area contributed by atoms with E-state index in [1.807, 2.05) is 27.7 Å². The second-order valence-electron chi connectivity index (χ2n) is 11.9. The van der Waals surface area contributed by atoms with Gasteiger partial charge in [0.2, 0.25) is 12.3 Å². The molecule has 2 N–H and O–H groups in total. The third-order valence-corrected chi connectivity index (χ3v) is 9.17. The Balaban J connectivity index is 0.000000241. The summed E-state index contributed by atoms with van der Waals surface area (Å²) < 4.78 is 4.91. The normalized spacial score (nSPS) is 11.8. The maximum absolute atomic E-state index is 11.1. The summed E-state index contributed by atoms with van der Waals surface area (Å²) in [7, 11) is 0. The van der Waals surface area contributed by atoms with Crippen molar-refractivity contribution in [2.24, 2.45) is 0 Å². The van der Waals surface area contributed by atoms with Gasteiger partial charge in [0.25, 0.3) is 0 Å². The van der Waals surface area contributed by atoms with Crippen LogP contribution in [0.1, 0.15) is 90.3 Å². The summed E-state index contributed by atoms with van der Waals surface area (Å²) in [5.74, 6) is 0.306. The van der Waals surface area contributed by atoms with Crippen LogP contribution in [0.15, 0.2) is 72.8 Å². The number of hydrogen-bond donors (Lipinski definition) is 3. The number of hydrogen-bond acceptors (Lipinski definition) is 4. The van der Waals surface area contributed by atoms with E-state index in [9.17, 15) is 9.59 Å². The first-order valence-electron chi connectivity index (χ1n) is 18.5. The maximum atomic E-state index is 11.1. The smallest absolute Gasteiger partial charge is 0.233 e. The van der Waals surface area contributed by atoms with Crippen molar-refractivity contribution in [1.82, 2.24) is 19.5 Å². The standard InChI is InChI=1S/C19H26N2OS.C18H20N2O2.2C2H6/c22-19(14-23)20-12-6-1-7-13-21-17-10-4-2-8-15(17)16-9-3-5-11-18(16)21;21-14-19(22)12-6-1-7-13-20-17-10-4-2-8-15(17)16-9-3-5-11-18(16)20;2*1-2/h2,4,8,10,23H,1,3,5-7,9,11-14H2,(H,20,22);2-5,8-11,14,22H,1,6-7,12-13H2;2*1-2H3. The quantitative estimate of drug-likeness (QED) is 0.0358. The zero-order valence-corrected chi connectivity index (χ0v) is 31.1. The minimum absolute atomic E-state index is 0.0267. The van der Waals surface area contributed by atoms with Crippen molar-refractivity contribution in [1.29, 1.82) is 0 Å². The van der Waals surface area contributed by atoms with Gasteiger partial charge >= 0.3 is 0 Å². The lowest BCUT2D eigenvalue weighted by molar-refractivity contribution is -0.149. The van der Waals surface area contributed by atoms with E-state index >= 15 is 0 Å². The molecule has 3 aromatic carbocycles. The number of benzene rings is 3. The van der Waals surface area contributed by atoms with Gasteiger partial charge in [-0.2, -0.15) is 12.6 Å². The number of amides is 2. The summed E-state index contributed by atoms with van der Waals surface area (Å²) in [6.45, 7) is 11.2. The average molecular weight is 687 g/mol. The molecule has 49 heavy (non-hydrogen) atoms. The third-order valence-electron chi connectivity index (χ3n) is 8.88. The van der Waals surface area contributed by atoms with Gasteiger partial charge < -0.3 is 14.5 Å². The number of nitrogens with zero attached hydrogens (tertiary/aromatic N) is 3. The lowest BCUT2D eigenvalue weighted by atomic mass is 9.95. The molecule has 2 aromatic heterocycles. The number of carbonyl (C=O) groups excluding carboxylic acids is 2. The fourth-order valence-electron chi connectivity index (χ4n) is 6.72. The lowest BCUT2D eigenvalue weighted by Gasteiger charge is -2.16. The van der Waals surface area contributed by atoms with Gasteiger partial charge in [-0.25, -0.2) is 5.06 Å². The highest BCUT2D eigenvalue weighted by Crippen LogP contribution is 2.32. The van der Waals surface area contributed by atoms with Crippen LogP contribution in [-0.2, 0) is 35.5 Å². The first kappa shape index (κ1) is 39.7. The van der Waals surface area contributed by atoms with Gasteiger partial charge in [0.05, 0.1) is 5.75 Å². The molecule has 0 saturated heterocycles. The Labute approximate surface area is 299 Å². The van der Waals surface area contributed by atoms with Crippen LogP contribution in [0.4, 0.5) is 0 Å². The summed E-state index contributed by atoms with van der Waals surface area (Å²) in [6, 6.07) is 25.8. The Morgan fingerprint density at radius 1 is 0.735 bits per heavy atom. The van der Waals surface area contributed by atoms with Crippen LogP contribution in [0.3, 0.4) is 0 Å². The molecule has 6 rings (SSSR count). The van der Waals surface area contributed by atoms with Crippen LogP contribution in [0, 0.1) is 0 Å². The summed E-state index contributed by atoms with van der Waals surface area (Å²) in [5, 5.41) is 16.7. The van der Waals surface area contributed by atoms with E-state index in [2.05, 4.69) is 99.9 Å². The fraction of sp³-hybridized carbons (Fsp3) is 0.463. The lowest BCUT2D eigenvalue weighted by Crippen LogP contribution is -2.25. The van der Waals surface area contributed by atoms with Crippen LogP contribution in [0.2, 0.25) is 0 Å². The van der Waals surface area contributed by atoms with Crippen LogP contribution in [-0.4, -0.2) is 50.6 Å². The highest BCUT2D eigenvalue weighted by molar-refractivity contribution is 7.81. The molecular formula is C41H58N4O3S. The molecule has 1 aliphatic rings. The van der Waals surface area contributed by atoms with Gasteiger partial charge in [-0.1, -0.05) is 82.3 Å². The van der Waals surface area contributed by atoms with E-state index in [4.69, 9.17) is 5.21 Å². The Hall–Kier alpha value is -3.75. The molecule has 2 amide bonds. The first-order valence-corrected chi connectivity index (χ1v) is 19.1. The maximum Gasteiger partial charge on any atom is 0.233 e. The van der Waals surface area contributed by atoms with Gasteiger partial charge in [0, 0.05) is 64.6 Å². The van der Waals surface area contributed by atoms with Crippen LogP contribution < -0.4 is 5.32 Å². The molecule has 0 saturated carbocycles. The van der Waals surface area contributed by atoms with E-state index in [0.717, 1.165) is 51.7 Å². The second kappa shape index (κ2) is 22.1. The number of fused-ring (bicyclic) bond motifs is 6. The van der Waals surface area contributed by atoms with E-state index < -0.39 is 0 Å². The van der Waals surface area contributed by atoms with Crippen molar-refractivity contribution >= 4 is 57.7 Å². The largest absolute Gasteiger partial charge is 0.355 e. The molecule has 266 valence electrons. The summed E-state index contributed by atoms with van der Waals surface area (Å²) in [4.78, 5) is 21.5. The number of aryl methyl sites for hydroxylation is 3. The van der Waals surface area contributed by atoms with E-state index in [-0.39, 0.29) is 11.7 Å². The minimum Gasteiger partial charge on any atom is -0.355 e. The molecule has 0 aliphatic heterocycles. The highest BCUT2D eigenvalue weighted by atomic mass is 32.1. The zero-order chi connectivity index (χ0) is 35.4. The SMILES string of the molecule is CC.CC.O=C(CS)NCCCCCn1c2c(c3ccccc31)CCCC2.O=CN(O)CCCCCn1c2ccccc2c2ccccc21. The molecule has 1 aliphatic carbocycles. The molecule has 0 radical (unpaired) electrons. The van der Waals surface area contributed by atoms with Crippen molar-refractivity contribution in [3.63, 3.8) is 0 Å². The molecule has 8 heteroatoms. The minimum atomic E-state index is 0.0267. The molecule has 0 spiro atoms. The number of rotatable bonds is 14. The number of carbonyl (C=O) groups is 2. The van der Waals surface area contributed by atoms with Crippen molar-refractivity contribution in [3.8, 4) is 0 Å². The number of hydroxylamine groups is 2. The molecule has 0 bridgehead atoms. The van der Waals surface area contributed by atoms with Gasteiger partial charge in [0.1, 0.15) is 0 Å². The zero-order valence-electron chi connectivity index (χ0n) is 30.2. The number of para-hydroxylation sites is 3. The number of nitrogens with one attached hydrogen (secondary N) is 1. The monoisotopic (exact) mass is 686 g/mol. The predicted molar refractivity (Wildman–Crippen MR) is 210 cm³/mol. The third kappa shape index (κ3) is 10.9. The van der Waals surface area contributed by atoms with Crippen LogP contribution >= 0.6 is 12.6 Å². The van der Waals surface area contributed by atoms with Crippen molar-refractivity contribution < 1.29 is 14.8 Å². The average Bonchev–Trinajstić information content (AvgIpc) is 3.67. The number of aromatic nitrogens is 2. The number of thiol groups is 1. The summed E-state index contributed by atoms with van der Waals surface area (Å²) >= 11 is 3.96. The Morgan fingerprint density at radius 2 is 1.24 bits per heavy atom. The Morgan fingerprint density at radius 3 is 1.84 bits per heavy atom. The molecule has 7 nitrogen and oxygen atoms in total. The second-order valence-corrected chi connectivity index (χ2v) is 12.2. The summed E-state index contributed by atoms with van der Waals surface area (Å²) in [6.07, 6.45) is 11.7. The molecule has 5 aromatic rings. The summed E-state index contributed by atoms with van der Waals surface area (Å²) in [5.41, 5.74) is 7.09. The van der Waals surface area contributed by atoms with Gasteiger partial charge in [-0.15, -0.1) is 0 Å². The van der Waals surface area contributed by atoms with Gasteiger partial charge in [0.15, 0.2) is 0 Å². The van der Waals surface area contributed by atoms with Crippen molar-refractivity contribution in [2.75, 3.05) is 18.8 Å². The Kier molecular flexibility index (Phi) is 17.9. The molecule has 0 unspecified atom stereocenters. The fourth-order valence-corrected chi connectivity index (χ4v) is 6.83.